The summed E-state index contributed by atoms with van der Waals surface area (Å²) < 4.78 is 7.60. The molecule has 0 aliphatic carbocycles. The van der Waals surface area contributed by atoms with E-state index in [0.29, 0.717) is 0 Å². The Kier molecular flexibility index (Phi) is 4.15. The lowest BCUT2D eigenvalue weighted by molar-refractivity contribution is 0.491. The maximum absolute atomic E-state index is 5.76. The van der Waals surface area contributed by atoms with Crippen molar-refractivity contribution < 1.29 is 4.42 Å². The van der Waals surface area contributed by atoms with Crippen LogP contribution >= 0.6 is 0 Å². The molecule has 0 fully saturated rings. The summed E-state index contributed by atoms with van der Waals surface area (Å²) in [4.78, 5) is 4.31. The summed E-state index contributed by atoms with van der Waals surface area (Å²) in [6, 6.07) is 2.05. The van der Waals surface area contributed by atoms with Gasteiger partial charge in [-0.3, -0.25) is 4.68 Å². The fourth-order valence-corrected chi connectivity index (χ4v) is 1.89. The molecule has 0 bridgehead atoms. The second-order valence-corrected chi connectivity index (χ2v) is 4.32. The lowest BCUT2D eigenvalue weighted by atomic mass is 10.3. The standard InChI is InChI=1S/C13H20N4O/c1-4-10-8-11(17(3)16-10)12-9-15-13(18-12)6-5-7-14-2/h8-9,14H,4-7H2,1-3H3. The average Bonchev–Trinajstić information content (AvgIpc) is 2.96. The fraction of sp³-hybridized carbons (Fsp3) is 0.538. The van der Waals surface area contributed by atoms with E-state index in [2.05, 4.69) is 28.4 Å². The van der Waals surface area contributed by atoms with Crippen molar-refractivity contribution in [3.05, 3.63) is 23.8 Å². The van der Waals surface area contributed by atoms with E-state index in [9.17, 15) is 0 Å². The zero-order chi connectivity index (χ0) is 13.0. The molecule has 0 saturated heterocycles. The molecule has 0 spiro atoms. The summed E-state index contributed by atoms with van der Waals surface area (Å²) in [5.74, 6) is 1.59. The van der Waals surface area contributed by atoms with Crippen molar-refractivity contribution >= 4 is 0 Å². The predicted octanol–water partition coefficient (Wildman–Crippen LogP) is 1.79. The SMILES string of the molecule is CCc1cc(-c2cnc(CCCNC)o2)n(C)n1. The van der Waals surface area contributed by atoms with Crippen molar-refractivity contribution in [3.8, 4) is 11.5 Å². The molecular weight excluding hydrogens is 228 g/mol. The van der Waals surface area contributed by atoms with Crippen LogP contribution in [0.5, 0.6) is 0 Å². The third-order valence-electron chi connectivity index (χ3n) is 2.92. The van der Waals surface area contributed by atoms with Crippen molar-refractivity contribution in [1.29, 1.82) is 0 Å². The molecule has 0 aliphatic rings. The summed E-state index contributed by atoms with van der Waals surface area (Å²) in [7, 11) is 3.88. The van der Waals surface area contributed by atoms with Crippen LogP contribution in [0.4, 0.5) is 0 Å². The molecule has 0 saturated carbocycles. The van der Waals surface area contributed by atoms with Crippen LogP contribution in [0.25, 0.3) is 11.5 Å². The molecule has 0 amide bonds. The van der Waals surface area contributed by atoms with E-state index in [0.717, 1.165) is 48.8 Å². The molecule has 2 rings (SSSR count). The largest absolute Gasteiger partial charge is 0.439 e. The first kappa shape index (κ1) is 12.8. The van der Waals surface area contributed by atoms with Crippen molar-refractivity contribution in [2.24, 2.45) is 7.05 Å². The zero-order valence-electron chi connectivity index (χ0n) is 11.2. The van der Waals surface area contributed by atoms with Gasteiger partial charge in [0.05, 0.1) is 11.9 Å². The van der Waals surface area contributed by atoms with E-state index in [4.69, 9.17) is 4.42 Å². The van der Waals surface area contributed by atoms with E-state index in [1.165, 1.54) is 0 Å². The van der Waals surface area contributed by atoms with Crippen LogP contribution in [0.3, 0.4) is 0 Å². The minimum absolute atomic E-state index is 0.791. The van der Waals surface area contributed by atoms with E-state index in [-0.39, 0.29) is 0 Å². The number of nitrogens with zero attached hydrogens (tertiary/aromatic N) is 3. The zero-order valence-corrected chi connectivity index (χ0v) is 11.2. The Hall–Kier alpha value is -1.62. The molecule has 0 atom stereocenters. The fourth-order valence-electron chi connectivity index (χ4n) is 1.89. The Labute approximate surface area is 107 Å². The van der Waals surface area contributed by atoms with E-state index >= 15 is 0 Å². The summed E-state index contributed by atoms with van der Waals surface area (Å²) >= 11 is 0. The molecule has 2 aromatic heterocycles. The molecule has 2 heterocycles. The highest BCUT2D eigenvalue weighted by molar-refractivity contribution is 5.51. The van der Waals surface area contributed by atoms with Crippen molar-refractivity contribution in [2.45, 2.75) is 26.2 Å². The molecule has 0 unspecified atom stereocenters. The molecule has 18 heavy (non-hydrogen) atoms. The molecule has 2 aromatic rings. The Morgan fingerprint density at radius 2 is 2.28 bits per heavy atom. The Bertz CT molecular complexity index is 501. The quantitative estimate of drug-likeness (QED) is 0.792. The van der Waals surface area contributed by atoms with Crippen LogP contribution in [-0.2, 0) is 19.9 Å². The van der Waals surface area contributed by atoms with Gasteiger partial charge in [-0.25, -0.2) is 4.98 Å². The topological polar surface area (TPSA) is 55.9 Å². The first-order valence-electron chi connectivity index (χ1n) is 6.37. The molecule has 0 radical (unpaired) electrons. The van der Waals surface area contributed by atoms with Gasteiger partial charge in [0.1, 0.15) is 5.69 Å². The molecule has 5 heteroatoms. The van der Waals surface area contributed by atoms with Gasteiger partial charge >= 0.3 is 0 Å². The van der Waals surface area contributed by atoms with Crippen molar-refractivity contribution in [2.75, 3.05) is 13.6 Å². The molecule has 0 aliphatic heterocycles. The maximum atomic E-state index is 5.76. The summed E-state index contributed by atoms with van der Waals surface area (Å²) in [5, 5.41) is 7.52. The van der Waals surface area contributed by atoms with Crippen LogP contribution in [0.1, 0.15) is 24.9 Å². The van der Waals surface area contributed by atoms with Crippen LogP contribution < -0.4 is 5.32 Å². The van der Waals surface area contributed by atoms with Crippen LogP contribution in [0.15, 0.2) is 16.7 Å². The highest BCUT2D eigenvalue weighted by atomic mass is 16.4. The molecule has 5 nitrogen and oxygen atoms in total. The third kappa shape index (κ3) is 2.79. The number of rotatable bonds is 6. The van der Waals surface area contributed by atoms with Gasteiger partial charge in [0, 0.05) is 13.5 Å². The second kappa shape index (κ2) is 5.82. The minimum atomic E-state index is 0.791. The first-order valence-corrected chi connectivity index (χ1v) is 6.37. The molecule has 1 N–H and O–H groups in total. The van der Waals surface area contributed by atoms with Gasteiger partial charge in [0.15, 0.2) is 11.7 Å². The van der Waals surface area contributed by atoms with Crippen LogP contribution in [-0.4, -0.2) is 28.4 Å². The number of oxazole rings is 1. The van der Waals surface area contributed by atoms with Gasteiger partial charge in [-0.2, -0.15) is 5.10 Å². The van der Waals surface area contributed by atoms with E-state index in [1.54, 1.807) is 6.20 Å². The number of aryl methyl sites for hydroxylation is 3. The predicted molar refractivity (Wildman–Crippen MR) is 70.3 cm³/mol. The number of hydrogen-bond acceptors (Lipinski definition) is 4. The van der Waals surface area contributed by atoms with Gasteiger partial charge in [-0.15, -0.1) is 0 Å². The van der Waals surface area contributed by atoms with Gasteiger partial charge in [-0.1, -0.05) is 6.92 Å². The number of aromatic nitrogens is 3. The van der Waals surface area contributed by atoms with Gasteiger partial charge in [0.25, 0.3) is 0 Å². The average molecular weight is 248 g/mol. The van der Waals surface area contributed by atoms with Crippen LogP contribution in [0, 0.1) is 0 Å². The van der Waals surface area contributed by atoms with Crippen LogP contribution in [0.2, 0.25) is 0 Å². The van der Waals surface area contributed by atoms with Crippen molar-refractivity contribution in [1.82, 2.24) is 20.1 Å². The number of hydrogen-bond donors (Lipinski definition) is 1. The Balaban J connectivity index is 2.11. The Morgan fingerprint density at radius 1 is 1.44 bits per heavy atom. The summed E-state index contributed by atoms with van der Waals surface area (Å²) in [5.41, 5.74) is 2.06. The maximum Gasteiger partial charge on any atom is 0.195 e. The Morgan fingerprint density at radius 3 is 2.94 bits per heavy atom. The monoisotopic (exact) mass is 248 g/mol. The molecule has 0 aromatic carbocycles. The summed E-state index contributed by atoms with van der Waals surface area (Å²) in [6.07, 6.45) is 4.60. The van der Waals surface area contributed by atoms with Gasteiger partial charge in [-0.05, 0) is 32.5 Å². The smallest absolute Gasteiger partial charge is 0.195 e. The summed E-state index contributed by atoms with van der Waals surface area (Å²) in [6.45, 7) is 3.07. The lowest BCUT2D eigenvalue weighted by Gasteiger charge is -1.97. The lowest BCUT2D eigenvalue weighted by Crippen LogP contribution is -2.08. The number of nitrogens with one attached hydrogen (secondary N) is 1. The molecular formula is C13H20N4O. The normalized spacial score (nSPS) is 11.1. The second-order valence-electron chi connectivity index (χ2n) is 4.32. The van der Waals surface area contributed by atoms with Gasteiger partial charge < -0.3 is 9.73 Å². The van der Waals surface area contributed by atoms with Gasteiger partial charge in [0.2, 0.25) is 0 Å². The van der Waals surface area contributed by atoms with E-state index in [1.807, 2.05) is 18.8 Å². The highest BCUT2D eigenvalue weighted by Gasteiger charge is 2.11. The van der Waals surface area contributed by atoms with Crippen molar-refractivity contribution in [3.63, 3.8) is 0 Å². The molecule has 98 valence electrons. The third-order valence-corrected chi connectivity index (χ3v) is 2.92. The first-order chi connectivity index (χ1) is 8.74. The highest BCUT2D eigenvalue weighted by Crippen LogP contribution is 2.21. The minimum Gasteiger partial charge on any atom is -0.439 e. The van der Waals surface area contributed by atoms with E-state index < -0.39 is 0 Å².